The monoisotopic (exact) mass is 139 g/mol. The van der Waals surface area contributed by atoms with Crippen molar-refractivity contribution in [1.29, 1.82) is 0 Å². The van der Waals surface area contributed by atoms with E-state index in [4.69, 9.17) is 0 Å². The summed E-state index contributed by atoms with van der Waals surface area (Å²) in [4.78, 5) is 2.37. The van der Waals surface area contributed by atoms with Crippen LogP contribution in [0.3, 0.4) is 0 Å². The van der Waals surface area contributed by atoms with Crippen molar-refractivity contribution < 1.29 is 0 Å². The lowest BCUT2D eigenvalue weighted by Gasteiger charge is -2.20. The minimum Gasteiger partial charge on any atom is -0.296 e. The van der Waals surface area contributed by atoms with Crippen LogP contribution in [0, 0.1) is 5.92 Å². The summed E-state index contributed by atoms with van der Waals surface area (Å²) in [6, 6.07) is 0.667. The van der Waals surface area contributed by atoms with Crippen molar-refractivity contribution in [2.75, 3.05) is 13.6 Å². The van der Waals surface area contributed by atoms with Gasteiger partial charge in [-0.25, -0.2) is 0 Å². The van der Waals surface area contributed by atoms with Crippen molar-refractivity contribution in [2.45, 2.75) is 26.8 Å². The van der Waals surface area contributed by atoms with E-state index in [9.17, 15) is 0 Å². The molecule has 1 atom stereocenters. The number of hydrogen-bond donors (Lipinski definition) is 0. The van der Waals surface area contributed by atoms with Gasteiger partial charge in [0.05, 0.1) is 0 Å². The van der Waals surface area contributed by atoms with Crippen LogP contribution in [-0.2, 0) is 0 Å². The second-order valence-electron chi connectivity index (χ2n) is 3.47. The maximum atomic E-state index is 2.37. The molecular formula is C9H17N. The molecule has 0 bridgehead atoms. The Morgan fingerprint density at radius 1 is 1.60 bits per heavy atom. The highest BCUT2D eigenvalue weighted by Crippen LogP contribution is 2.22. The number of rotatable bonds is 1. The lowest BCUT2D eigenvalue weighted by Crippen LogP contribution is -2.25. The van der Waals surface area contributed by atoms with Crippen LogP contribution in [0.4, 0.5) is 0 Å². The normalized spacial score (nSPS) is 27.7. The Morgan fingerprint density at radius 2 is 2.20 bits per heavy atom. The standard InChI is InChI=1S/C9H17N/c1-7(2)9-5-6-10(4)8(9)3/h5,7-8H,6H2,1-4H3/t8-/m1/s1. The molecule has 1 heterocycles. The third kappa shape index (κ3) is 1.24. The van der Waals surface area contributed by atoms with Gasteiger partial charge in [0.25, 0.3) is 0 Å². The molecule has 0 saturated carbocycles. The first-order valence-corrected chi connectivity index (χ1v) is 4.03. The zero-order valence-electron chi connectivity index (χ0n) is 7.39. The lowest BCUT2D eigenvalue weighted by atomic mass is 9.99. The number of likely N-dealkylation sites (N-methyl/N-ethyl adjacent to an activating group) is 1. The predicted molar refractivity (Wildman–Crippen MR) is 45.0 cm³/mol. The molecule has 0 saturated heterocycles. The second kappa shape index (κ2) is 2.75. The van der Waals surface area contributed by atoms with Gasteiger partial charge in [0.2, 0.25) is 0 Å². The molecule has 0 unspecified atom stereocenters. The zero-order chi connectivity index (χ0) is 7.72. The fraction of sp³-hybridized carbons (Fsp3) is 0.778. The van der Waals surface area contributed by atoms with E-state index in [2.05, 4.69) is 38.8 Å². The fourth-order valence-electron chi connectivity index (χ4n) is 1.55. The fourth-order valence-corrected chi connectivity index (χ4v) is 1.55. The molecule has 0 amide bonds. The molecule has 0 N–H and O–H groups in total. The van der Waals surface area contributed by atoms with Gasteiger partial charge in [0.15, 0.2) is 0 Å². The van der Waals surface area contributed by atoms with E-state index < -0.39 is 0 Å². The lowest BCUT2D eigenvalue weighted by molar-refractivity contribution is 0.333. The highest BCUT2D eigenvalue weighted by atomic mass is 15.1. The summed E-state index contributed by atoms with van der Waals surface area (Å²) in [5, 5.41) is 0. The van der Waals surface area contributed by atoms with Gasteiger partial charge in [-0.3, -0.25) is 4.90 Å². The molecule has 1 nitrogen and oxygen atoms in total. The molecular weight excluding hydrogens is 122 g/mol. The van der Waals surface area contributed by atoms with Gasteiger partial charge in [-0.15, -0.1) is 0 Å². The SMILES string of the molecule is CC(C)C1=CCN(C)[C@@H]1C. The molecule has 1 aliphatic rings. The van der Waals surface area contributed by atoms with Gasteiger partial charge >= 0.3 is 0 Å². The van der Waals surface area contributed by atoms with E-state index in [1.54, 1.807) is 5.57 Å². The molecule has 0 fully saturated rings. The second-order valence-corrected chi connectivity index (χ2v) is 3.47. The van der Waals surface area contributed by atoms with E-state index in [-0.39, 0.29) is 0 Å². The predicted octanol–water partition coefficient (Wildman–Crippen LogP) is 1.90. The van der Waals surface area contributed by atoms with Crippen LogP contribution in [0.25, 0.3) is 0 Å². The van der Waals surface area contributed by atoms with Crippen LogP contribution in [0.15, 0.2) is 11.6 Å². The third-order valence-corrected chi connectivity index (χ3v) is 2.43. The van der Waals surface area contributed by atoms with Crippen LogP contribution >= 0.6 is 0 Å². The average molecular weight is 139 g/mol. The molecule has 1 rings (SSSR count). The summed E-state index contributed by atoms with van der Waals surface area (Å²) in [5.74, 6) is 0.722. The topological polar surface area (TPSA) is 3.24 Å². The Bertz CT molecular complexity index is 147. The number of nitrogens with zero attached hydrogens (tertiary/aromatic N) is 1. The summed E-state index contributed by atoms with van der Waals surface area (Å²) < 4.78 is 0. The van der Waals surface area contributed by atoms with Gasteiger partial charge in [-0.1, -0.05) is 25.5 Å². The van der Waals surface area contributed by atoms with Crippen molar-refractivity contribution in [3.05, 3.63) is 11.6 Å². The Kier molecular flexibility index (Phi) is 2.14. The van der Waals surface area contributed by atoms with E-state index in [0.717, 1.165) is 12.5 Å². The smallest absolute Gasteiger partial charge is 0.0282 e. The van der Waals surface area contributed by atoms with Crippen molar-refractivity contribution in [3.63, 3.8) is 0 Å². The van der Waals surface area contributed by atoms with Crippen molar-refractivity contribution in [3.8, 4) is 0 Å². The Hall–Kier alpha value is -0.300. The van der Waals surface area contributed by atoms with Crippen LogP contribution < -0.4 is 0 Å². The van der Waals surface area contributed by atoms with Crippen molar-refractivity contribution >= 4 is 0 Å². The Morgan fingerprint density at radius 3 is 2.40 bits per heavy atom. The van der Waals surface area contributed by atoms with E-state index in [0.29, 0.717) is 6.04 Å². The minimum atomic E-state index is 0.667. The maximum Gasteiger partial charge on any atom is 0.0282 e. The van der Waals surface area contributed by atoms with Gasteiger partial charge in [0, 0.05) is 12.6 Å². The van der Waals surface area contributed by atoms with Crippen LogP contribution in [0.2, 0.25) is 0 Å². The van der Waals surface area contributed by atoms with E-state index >= 15 is 0 Å². The molecule has 0 spiro atoms. The molecule has 0 aliphatic carbocycles. The highest BCUT2D eigenvalue weighted by Gasteiger charge is 2.20. The molecule has 0 aromatic carbocycles. The average Bonchev–Trinajstić information content (AvgIpc) is 2.14. The largest absolute Gasteiger partial charge is 0.296 e. The molecule has 1 heteroatoms. The molecule has 0 radical (unpaired) electrons. The highest BCUT2D eigenvalue weighted by molar-refractivity contribution is 5.18. The first kappa shape index (κ1) is 7.80. The van der Waals surface area contributed by atoms with Crippen LogP contribution in [-0.4, -0.2) is 24.5 Å². The minimum absolute atomic E-state index is 0.667. The van der Waals surface area contributed by atoms with Crippen molar-refractivity contribution in [1.82, 2.24) is 4.90 Å². The Labute approximate surface area is 63.7 Å². The van der Waals surface area contributed by atoms with Gasteiger partial charge in [-0.2, -0.15) is 0 Å². The van der Waals surface area contributed by atoms with E-state index in [1.165, 1.54) is 0 Å². The van der Waals surface area contributed by atoms with Crippen molar-refractivity contribution in [2.24, 2.45) is 5.92 Å². The number of hydrogen-bond acceptors (Lipinski definition) is 1. The molecule has 0 aromatic heterocycles. The molecule has 10 heavy (non-hydrogen) atoms. The Balaban J connectivity index is 2.62. The van der Waals surface area contributed by atoms with E-state index in [1.807, 2.05) is 0 Å². The molecule has 1 aliphatic heterocycles. The molecule has 0 aromatic rings. The first-order chi connectivity index (χ1) is 4.63. The quantitative estimate of drug-likeness (QED) is 0.501. The summed E-state index contributed by atoms with van der Waals surface area (Å²) in [6.07, 6.45) is 2.36. The molecule has 58 valence electrons. The summed E-state index contributed by atoms with van der Waals surface area (Å²) in [7, 11) is 2.18. The zero-order valence-corrected chi connectivity index (χ0v) is 7.39. The van der Waals surface area contributed by atoms with Gasteiger partial charge < -0.3 is 0 Å². The first-order valence-electron chi connectivity index (χ1n) is 4.03. The van der Waals surface area contributed by atoms with Gasteiger partial charge in [0.1, 0.15) is 0 Å². The van der Waals surface area contributed by atoms with Crippen LogP contribution in [0.1, 0.15) is 20.8 Å². The maximum absolute atomic E-state index is 2.37. The van der Waals surface area contributed by atoms with Gasteiger partial charge in [-0.05, 0) is 19.9 Å². The third-order valence-electron chi connectivity index (χ3n) is 2.43. The summed E-state index contributed by atoms with van der Waals surface area (Å²) in [5.41, 5.74) is 1.60. The van der Waals surface area contributed by atoms with Crippen LogP contribution in [0.5, 0.6) is 0 Å². The summed E-state index contributed by atoms with van der Waals surface area (Å²) >= 11 is 0. The summed E-state index contributed by atoms with van der Waals surface area (Å²) in [6.45, 7) is 7.94.